The second-order valence-electron chi connectivity index (χ2n) is 3.25. The number of aliphatic hydroxyl groups is 2. The summed E-state index contributed by atoms with van der Waals surface area (Å²) in [7, 11) is 5.57. The van der Waals surface area contributed by atoms with Crippen molar-refractivity contribution in [3.63, 3.8) is 0 Å². The number of ether oxygens (including phenoxy) is 1. The molecule has 1 aliphatic rings. The SMILES string of the molecule is [B]C1OC(CO)[C@@H](O)C(N)[C@@H]1C. The molecule has 0 bridgehead atoms. The molecule has 1 rings (SSSR count). The van der Waals surface area contributed by atoms with Crippen LogP contribution in [0.3, 0.4) is 0 Å². The van der Waals surface area contributed by atoms with E-state index in [1.165, 1.54) is 0 Å². The van der Waals surface area contributed by atoms with E-state index >= 15 is 0 Å². The van der Waals surface area contributed by atoms with Crippen molar-refractivity contribution in [2.45, 2.75) is 31.2 Å². The van der Waals surface area contributed by atoms with Crippen molar-refractivity contribution >= 4 is 7.85 Å². The Morgan fingerprint density at radius 3 is 2.67 bits per heavy atom. The van der Waals surface area contributed by atoms with E-state index in [2.05, 4.69) is 0 Å². The van der Waals surface area contributed by atoms with Crippen molar-refractivity contribution in [3.8, 4) is 0 Å². The molecule has 5 heteroatoms. The van der Waals surface area contributed by atoms with Gasteiger partial charge in [-0.2, -0.15) is 0 Å². The highest BCUT2D eigenvalue weighted by Crippen LogP contribution is 2.22. The Kier molecular flexibility index (Phi) is 3.12. The number of rotatable bonds is 1. The lowest BCUT2D eigenvalue weighted by molar-refractivity contribution is -0.138. The van der Waals surface area contributed by atoms with Gasteiger partial charge in [0.05, 0.1) is 12.7 Å². The molecule has 1 heterocycles. The van der Waals surface area contributed by atoms with Crippen LogP contribution in [0.15, 0.2) is 0 Å². The van der Waals surface area contributed by atoms with Gasteiger partial charge in [0.1, 0.15) is 14.0 Å². The van der Waals surface area contributed by atoms with Gasteiger partial charge in [-0.3, -0.25) is 0 Å². The van der Waals surface area contributed by atoms with E-state index < -0.39 is 24.3 Å². The standard InChI is InChI=1S/C7H14BNO3/c1-3-5(9)6(11)4(2-10)12-7(3)8/h3-7,10-11H,2,9H2,1H3/t3-,4?,5?,6+,7?/m0/s1. The summed E-state index contributed by atoms with van der Waals surface area (Å²) in [6.07, 6.45) is -1.48. The molecule has 0 aromatic carbocycles. The van der Waals surface area contributed by atoms with Crippen molar-refractivity contribution in [3.05, 3.63) is 0 Å². The monoisotopic (exact) mass is 171 g/mol. The van der Waals surface area contributed by atoms with Crippen LogP contribution >= 0.6 is 0 Å². The number of hydrogen-bond acceptors (Lipinski definition) is 4. The average molecular weight is 171 g/mol. The third kappa shape index (κ3) is 1.64. The first-order valence-electron chi connectivity index (χ1n) is 4.03. The topological polar surface area (TPSA) is 75.7 Å². The van der Waals surface area contributed by atoms with E-state index in [-0.39, 0.29) is 12.5 Å². The van der Waals surface area contributed by atoms with Gasteiger partial charge in [-0.15, -0.1) is 0 Å². The van der Waals surface area contributed by atoms with E-state index in [4.69, 9.17) is 23.4 Å². The maximum atomic E-state index is 9.46. The lowest BCUT2D eigenvalue weighted by Gasteiger charge is -2.40. The predicted molar refractivity (Wildman–Crippen MR) is 44.6 cm³/mol. The fourth-order valence-electron chi connectivity index (χ4n) is 1.34. The minimum atomic E-state index is -0.829. The molecule has 0 amide bonds. The highest BCUT2D eigenvalue weighted by Gasteiger charge is 2.38. The third-order valence-electron chi connectivity index (χ3n) is 2.41. The maximum absolute atomic E-state index is 9.46. The van der Waals surface area contributed by atoms with Crippen LogP contribution in [0.2, 0.25) is 0 Å². The zero-order valence-corrected chi connectivity index (χ0v) is 7.05. The lowest BCUT2D eigenvalue weighted by atomic mass is 9.78. The van der Waals surface area contributed by atoms with Crippen molar-refractivity contribution < 1.29 is 14.9 Å². The summed E-state index contributed by atoms with van der Waals surface area (Å²) in [5.41, 5.74) is 5.66. The Balaban J connectivity index is 2.63. The van der Waals surface area contributed by atoms with Gasteiger partial charge in [0.25, 0.3) is 0 Å². The Bertz CT molecular complexity index is 153. The van der Waals surface area contributed by atoms with Gasteiger partial charge in [-0.1, -0.05) is 6.92 Å². The van der Waals surface area contributed by atoms with Gasteiger partial charge in [0.2, 0.25) is 0 Å². The van der Waals surface area contributed by atoms with E-state index in [0.29, 0.717) is 0 Å². The van der Waals surface area contributed by atoms with Crippen LogP contribution in [0.1, 0.15) is 6.92 Å². The van der Waals surface area contributed by atoms with Crippen molar-refractivity contribution in [1.29, 1.82) is 0 Å². The van der Waals surface area contributed by atoms with Crippen molar-refractivity contribution in [2.24, 2.45) is 11.7 Å². The second-order valence-corrected chi connectivity index (χ2v) is 3.25. The summed E-state index contributed by atoms with van der Waals surface area (Å²) < 4.78 is 5.13. The summed E-state index contributed by atoms with van der Waals surface area (Å²) in [5, 5.41) is 18.2. The molecule has 1 saturated heterocycles. The van der Waals surface area contributed by atoms with Gasteiger partial charge in [-0.05, 0) is 5.92 Å². The first kappa shape index (κ1) is 9.99. The molecule has 0 aliphatic carbocycles. The Morgan fingerprint density at radius 1 is 1.58 bits per heavy atom. The third-order valence-corrected chi connectivity index (χ3v) is 2.41. The van der Waals surface area contributed by atoms with Gasteiger partial charge in [-0.25, -0.2) is 0 Å². The molecule has 0 aromatic rings. The number of aliphatic hydroxyl groups excluding tert-OH is 2. The quantitative estimate of drug-likeness (QED) is 0.406. The first-order chi connectivity index (χ1) is 5.57. The van der Waals surface area contributed by atoms with Crippen LogP contribution in [0, 0.1) is 5.92 Å². The summed E-state index contributed by atoms with van der Waals surface area (Å²) in [6.45, 7) is 1.56. The zero-order chi connectivity index (χ0) is 9.30. The Labute approximate surface area is 73.1 Å². The normalized spacial score (nSPS) is 49.2. The molecular formula is C7H14BNO3. The summed E-state index contributed by atoms with van der Waals surface area (Å²) >= 11 is 0. The van der Waals surface area contributed by atoms with Gasteiger partial charge in [0.15, 0.2) is 0 Å². The minimum Gasteiger partial charge on any atom is -0.394 e. The zero-order valence-electron chi connectivity index (χ0n) is 7.05. The van der Waals surface area contributed by atoms with E-state index in [0.717, 1.165) is 0 Å². The highest BCUT2D eigenvalue weighted by molar-refractivity contribution is 6.11. The minimum absolute atomic E-state index is 0.0946. The first-order valence-corrected chi connectivity index (χ1v) is 4.03. The molecule has 0 aromatic heterocycles. The molecule has 1 aliphatic heterocycles. The van der Waals surface area contributed by atoms with Crippen LogP contribution in [-0.2, 0) is 4.74 Å². The fourth-order valence-corrected chi connectivity index (χ4v) is 1.34. The Morgan fingerprint density at radius 2 is 2.17 bits per heavy atom. The van der Waals surface area contributed by atoms with Crippen LogP contribution in [0.5, 0.6) is 0 Å². The summed E-state index contributed by atoms with van der Waals surface area (Å²) in [4.78, 5) is 0. The molecule has 2 radical (unpaired) electrons. The molecular weight excluding hydrogens is 157 g/mol. The molecule has 4 N–H and O–H groups in total. The summed E-state index contributed by atoms with van der Waals surface area (Å²) in [5.74, 6) is -0.0946. The number of nitrogens with two attached hydrogens (primary N) is 1. The van der Waals surface area contributed by atoms with Crippen molar-refractivity contribution in [2.75, 3.05) is 6.61 Å². The van der Waals surface area contributed by atoms with Crippen LogP contribution in [0.25, 0.3) is 0 Å². The number of hydrogen-bond donors (Lipinski definition) is 3. The molecule has 12 heavy (non-hydrogen) atoms. The molecule has 5 atom stereocenters. The van der Waals surface area contributed by atoms with Crippen molar-refractivity contribution in [1.82, 2.24) is 0 Å². The summed E-state index contributed by atoms with van der Waals surface area (Å²) in [6, 6.07) is -0.925. The lowest BCUT2D eigenvalue weighted by Crippen LogP contribution is -2.58. The van der Waals surface area contributed by atoms with Gasteiger partial charge in [0, 0.05) is 12.0 Å². The van der Waals surface area contributed by atoms with E-state index in [9.17, 15) is 5.11 Å². The molecule has 4 nitrogen and oxygen atoms in total. The molecule has 0 spiro atoms. The van der Waals surface area contributed by atoms with Crippen LogP contribution in [0.4, 0.5) is 0 Å². The molecule has 1 fully saturated rings. The van der Waals surface area contributed by atoms with Crippen LogP contribution < -0.4 is 5.73 Å². The largest absolute Gasteiger partial charge is 0.394 e. The molecule has 0 saturated carbocycles. The van der Waals surface area contributed by atoms with Gasteiger partial charge < -0.3 is 20.7 Å². The highest BCUT2D eigenvalue weighted by atomic mass is 16.5. The second kappa shape index (κ2) is 3.74. The van der Waals surface area contributed by atoms with Gasteiger partial charge >= 0.3 is 0 Å². The predicted octanol–water partition coefficient (Wildman–Crippen LogP) is -1.80. The van der Waals surface area contributed by atoms with E-state index in [1.54, 1.807) is 0 Å². The smallest absolute Gasteiger partial charge is 0.109 e. The molecule has 68 valence electrons. The van der Waals surface area contributed by atoms with Crippen LogP contribution in [-0.4, -0.2) is 48.9 Å². The average Bonchev–Trinajstić information content (AvgIpc) is 2.08. The Hall–Kier alpha value is -0.0951. The maximum Gasteiger partial charge on any atom is 0.109 e. The fraction of sp³-hybridized carbons (Fsp3) is 1.00. The molecule has 3 unspecified atom stereocenters. The van der Waals surface area contributed by atoms with E-state index in [1.807, 2.05) is 6.92 Å².